The molecule has 0 radical (unpaired) electrons. The summed E-state index contributed by atoms with van der Waals surface area (Å²) >= 11 is 0. The van der Waals surface area contributed by atoms with Gasteiger partial charge in [-0.25, -0.2) is 4.68 Å². The Morgan fingerprint density at radius 1 is 1.19 bits per heavy atom. The summed E-state index contributed by atoms with van der Waals surface area (Å²) in [6, 6.07) is -0.307. The summed E-state index contributed by atoms with van der Waals surface area (Å²) in [5, 5.41) is 7.28. The van der Waals surface area contributed by atoms with Gasteiger partial charge in [-0.3, -0.25) is 0 Å². The maximum absolute atomic E-state index is 13.4. The molecule has 0 amide bonds. The van der Waals surface area contributed by atoms with Gasteiger partial charge in [-0.1, -0.05) is 0 Å². The number of halogens is 3. The van der Waals surface area contributed by atoms with E-state index >= 15 is 0 Å². The molecule has 2 fully saturated rings. The van der Waals surface area contributed by atoms with E-state index in [2.05, 4.69) is 10.4 Å². The number of rotatable bonds is 3. The number of fused-ring (bicyclic) bond motifs is 1. The first-order chi connectivity index (χ1) is 12.7. The van der Waals surface area contributed by atoms with Crippen LogP contribution in [0.15, 0.2) is 6.07 Å². The molecule has 0 bridgehead atoms. The third kappa shape index (κ3) is 3.44. The number of alkyl halides is 3. The second-order valence-corrected chi connectivity index (χ2v) is 9.62. The molecule has 0 unspecified atom stereocenters. The zero-order chi connectivity index (χ0) is 19.4. The highest BCUT2D eigenvalue weighted by Gasteiger charge is 2.46. The lowest BCUT2D eigenvalue weighted by Gasteiger charge is -2.31. The van der Waals surface area contributed by atoms with Crippen LogP contribution < -0.4 is 5.32 Å². The van der Waals surface area contributed by atoms with E-state index in [1.165, 1.54) is 8.61 Å². The Labute approximate surface area is 156 Å². The van der Waals surface area contributed by atoms with Gasteiger partial charge in [0.15, 0.2) is 6.04 Å². The number of anilines is 1. The molecule has 1 aromatic rings. The molecule has 1 N–H and O–H groups in total. The molecule has 27 heavy (non-hydrogen) atoms. The van der Waals surface area contributed by atoms with Crippen LogP contribution in [0, 0.1) is 0 Å². The van der Waals surface area contributed by atoms with Crippen molar-refractivity contribution in [2.45, 2.75) is 56.8 Å². The molecule has 4 rings (SSSR count). The second kappa shape index (κ2) is 6.63. The Bertz CT molecular complexity index is 803. The van der Waals surface area contributed by atoms with Crippen LogP contribution in [-0.2, 0) is 10.2 Å². The van der Waals surface area contributed by atoms with Crippen molar-refractivity contribution in [2.75, 3.05) is 31.5 Å². The van der Waals surface area contributed by atoms with Gasteiger partial charge in [-0.2, -0.15) is 35.3 Å². The van der Waals surface area contributed by atoms with Gasteiger partial charge in [0, 0.05) is 44.2 Å². The Hall–Kier alpha value is -1.33. The maximum Gasteiger partial charge on any atom is 0.410 e. The predicted molar refractivity (Wildman–Crippen MR) is 93.7 cm³/mol. The predicted octanol–water partition coefficient (Wildman–Crippen LogP) is 2.32. The standard InChI is InChI=1S/C16H24F3N5O2S/c1-11-8-14(16(17,18)19)24-15(20-11)9-13(21-24)12-4-7-23(10-12)27(25,26)22-5-2-3-6-22/h9,11-12,14,20H,2-8,10H2,1H3/t11-,12+,14-/m1/s1. The molecule has 152 valence electrons. The van der Waals surface area contributed by atoms with Crippen LogP contribution in [0.1, 0.15) is 50.3 Å². The van der Waals surface area contributed by atoms with Crippen LogP contribution in [0.5, 0.6) is 0 Å². The SMILES string of the molecule is C[C@@H]1C[C@H](C(F)(F)F)n2nc([C@H]3CCN(S(=O)(=O)N4CCCC4)C3)cc2N1. The minimum absolute atomic E-state index is 0.0717. The Morgan fingerprint density at radius 3 is 2.56 bits per heavy atom. The van der Waals surface area contributed by atoms with Crippen molar-refractivity contribution in [3.05, 3.63) is 11.8 Å². The minimum Gasteiger partial charge on any atom is -0.368 e. The van der Waals surface area contributed by atoms with Gasteiger partial charge in [0.2, 0.25) is 0 Å². The molecule has 3 aliphatic rings. The van der Waals surface area contributed by atoms with E-state index in [9.17, 15) is 21.6 Å². The number of aromatic nitrogens is 2. The molecule has 7 nitrogen and oxygen atoms in total. The number of hydrogen-bond donors (Lipinski definition) is 1. The van der Waals surface area contributed by atoms with Crippen molar-refractivity contribution in [1.82, 2.24) is 18.4 Å². The van der Waals surface area contributed by atoms with Gasteiger partial charge in [-0.15, -0.1) is 0 Å². The van der Waals surface area contributed by atoms with Crippen molar-refractivity contribution < 1.29 is 21.6 Å². The van der Waals surface area contributed by atoms with E-state index < -0.39 is 22.4 Å². The van der Waals surface area contributed by atoms with Crippen molar-refractivity contribution in [3.63, 3.8) is 0 Å². The van der Waals surface area contributed by atoms with Crippen LogP contribution in [0.4, 0.5) is 19.0 Å². The number of hydrogen-bond acceptors (Lipinski definition) is 4. The zero-order valence-electron chi connectivity index (χ0n) is 15.1. The molecule has 0 saturated carbocycles. The highest BCUT2D eigenvalue weighted by Crippen LogP contribution is 2.41. The smallest absolute Gasteiger partial charge is 0.368 e. The highest BCUT2D eigenvalue weighted by atomic mass is 32.2. The molecule has 3 atom stereocenters. The van der Waals surface area contributed by atoms with Crippen molar-refractivity contribution >= 4 is 16.0 Å². The summed E-state index contributed by atoms with van der Waals surface area (Å²) in [5.74, 6) is 0.165. The summed E-state index contributed by atoms with van der Waals surface area (Å²) in [6.45, 7) is 3.43. The molecule has 0 spiro atoms. The summed E-state index contributed by atoms with van der Waals surface area (Å²) < 4.78 is 69.5. The van der Waals surface area contributed by atoms with Crippen LogP contribution >= 0.6 is 0 Å². The lowest BCUT2D eigenvalue weighted by molar-refractivity contribution is -0.173. The summed E-state index contributed by atoms with van der Waals surface area (Å²) in [4.78, 5) is 0. The first-order valence-electron chi connectivity index (χ1n) is 9.34. The Morgan fingerprint density at radius 2 is 1.89 bits per heavy atom. The fourth-order valence-electron chi connectivity index (χ4n) is 4.24. The highest BCUT2D eigenvalue weighted by molar-refractivity contribution is 7.86. The number of nitrogens with zero attached hydrogens (tertiary/aromatic N) is 4. The summed E-state index contributed by atoms with van der Waals surface area (Å²) in [6.07, 6.45) is -2.14. The fraction of sp³-hybridized carbons (Fsp3) is 0.812. The molecule has 2 saturated heterocycles. The Kier molecular flexibility index (Phi) is 4.66. The largest absolute Gasteiger partial charge is 0.410 e. The molecule has 4 heterocycles. The molecule has 0 aromatic carbocycles. The van der Waals surface area contributed by atoms with Crippen LogP contribution in [0.25, 0.3) is 0 Å². The molecule has 3 aliphatic heterocycles. The summed E-state index contributed by atoms with van der Waals surface area (Å²) in [7, 11) is -3.49. The first-order valence-corrected chi connectivity index (χ1v) is 10.7. The maximum atomic E-state index is 13.4. The molecular weight excluding hydrogens is 383 g/mol. The third-order valence-corrected chi connectivity index (χ3v) is 7.69. The molecule has 1 aromatic heterocycles. The normalized spacial score (nSPS) is 30.4. The van der Waals surface area contributed by atoms with Crippen LogP contribution in [0.2, 0.25) is 0 Å². The lowest BCUT2D eigenvalue weighted by Crippen LogP contribution is -2.41. The van der Waals surface area contributed by atoms with E-state index in [1.54, 1.807) is 13.0 Å². The summed E-state index contributed by atoms with van der Waals surface area (Å²) in [5.41, 5.74) is 0.528. The molecule has 11 heteroatoms. The lowest BCUT2D eigenvalue weighted by atomic mass is 10.0. The van der Waals surface area contributed by atoms with Gasteiger partial charge >= 0.3 is 6.18 Å². The van der Waals surface area contributed by atoms with Gasteiger partial charge in [0.1, 0.15) is 5.82 Å². The van der Waals surface area contributed by atoms with Crippen LogP contribution in [0.3, 0.4) is 0 Å². The third-order valence-electron chi connectivity index (χ3n) is 5.69. The van der Waals surface area contributed by atoms with E-state index in [0.29, 0.717) is 37.6 Å². The van der Waals surface area contributed by atoms with E-state index in [4.69, 9.17) is 0 Å². The average Bonchev–Trinajstić information content (AvgIpc) is 3.31. The topological polar surface area (TPSA) is 70.5 Å². The van der Waals surface area contributed by atoms with E-state index in [0.717, 1.165) is 17.5 Å². The van der Waals surface area contributed by atoms with Gasteiger partial charge in [0.05, 0.1) is 5.69 Å². The average molecular weight is 407 g/mol. The quantitative estimate of drug-likeness (QED) is 0.835. The molecule has 0 aliphatic carbocycles. The van der Waals surface area contributed by atoms with E-state index in [1.807, 2.05) is 0 Å². The Balaban J connectivity index is 1.54. The monoisotopic (exact) mass is 407 g/mol. The van der Waals surface area contributed by atoms with Gasteiger partial charge < -0.3 is 5.32 Å². The second-order valence-electron chi connectivity index (χ2n) is 7.70. The van der Waals surface area contributed by atoms with Gasteiger partial charge in [0.25, 0.3) is 10.2 Å². The van der Waals surface area contributed by atoms with Crippen molar-refractivity contribution in [2.24, 2.45) is 0 Å². The van der Waals surface area contributed by atoms with Crippen LogP contribution in [-0.4, -0.2) is 65.2 Å². The number of nitrogens with one attached hydrogen (secondary N) is 1. The van der Waals surface area contributed by atoms with E-state index in [-0.39, 0.29) is 24.9 Å². The first kappa shape index (κ1) is 19.0. The zero-order valence-corrected chi connectivity index (χ0v) is 15.9. The minimum atomic E-state index is -4.37. The van der Waals surface area contributed by atoms with Crippen molar-refractivity contribution in [3.8, 4) is 0 Å². The fourth-order valence-corrected chi connectivity index (χ4v) is 5.99. The van der Waals surface area contributed by atoms with Gasteiger partial charge in [-0.05, 0) is 32.6 Å². The van der Waals surface area contributed by atoms with Crippen molar-refractivity contribution in [1.29, 1.82) is 0 Å². The molecular formula is C16H24F3N5O2S.